The van der Waals surface area contributed by atoms with Crippen LogP contribution in [0.15, 0.2) is 52.3 Å². The van der Waals surface area contributed by atoms with Gasteiger partial charge in [0.1, 0.15) is 35.1 Å². The van der Waals surface area contributed by atoms with E-state index in [1.54, 1.807) is 9.47 Å². The van der Waals surface area contributed by atoms with Crippen LogP contribution in [-0.4, -0.2) is 100 Å². The number of benzene rings is 2. The molecule has 0 radical (unpaired) electrons. The fourth-order valence-electron chi connectivity index (χ4n) is 7.88. The average molecular weight is 778 g/mol. The van der Waals surface area contributed by atoms with E-state index < -0.39 is 51.6 Å². The highest BCUT2D eigenvalue weighted by Crippen LogP contribution is 2.46. The summed E-state index contributed by atoms with van der Waals surface area (Å²) in [7, 11) is 2.02. The van der Waals surface area contributed by atoms with Gasteiger partial charge in [-0.05, 0) is 50.1 Å². The van der Waals surface area contributed by atoms with Crippen molar-refractivity contribution < 1.29 is 42.1 Å². The number of hydrogen-bond donors (Lipinski definition) is 3. The summed E-state index contributed by atoms with van der Waals surface area (Å²) in [5, 5.41) is 18.4. The summed E-state index contributed by atoms with van der Waals surface area (Å²) in [6, 6.07) is 4.69. The molecule has 14 nitrogen and oxygen atoms in total. The Morgan fingerprint density at radius 1 is 0.839 bits per heavy atom. The Morgan fingerprint density at radius 3 is 2.11 bits per heavy atom. The summed E-state index contributed by atoms with van der Waals surface area (Å²) < 4.78 is 66.3. The summed E-state index contributed by atoms with van der Waals surface area (Å²) in [5.41, 5.74) is 3.72. The number of hydrogen-bond acceptors (Lipinski definition) is 10. The lowest BCUT2D eigenvalue weighted by Gasteiger charge is -2.37. The smallest absolute Gasteiger partial charge is 0.341 e. The highest BCUT2D eigenvalue weighted by atomic mass is 19.1. The van der Waals surface area contributed by atoms with Crippen LogP contribution in [0.3, 0.4) is 0 Å². The number of fused-ring (bicyclic) bond motifs is 2. The van der Waals surface area contributed by atoms with Crippen molar-refractivity contribution in [2.75, 3.05) is 62.7 Å². The van der Waals surface area contributed by atoms with E-state index >= 15 is 0 Å². The average Bonchev–Trinajstić information content (AvgIpc) is 3.51. The van der Waals surface area contributed by atoms with Crippen molar-refractivity contribution in [1.82, 2.24) is 19.0 Å². The molecule has 3 aliphatic heterocycles. The zero-order valence-electron chi connectivity index (χ0n) is 30.0. The fourth-order valence-corrected chi connectivity index (χ4v) is 7.88. The molecular formula is C38H35F4N7O7. The molecule has 4 aliphatic rings. The van der Waals surface area contributed by atoms with E-state index in [0.717, 1.165) is 48.1 Å². The number of piperazine rings is 1. The maximum absolute atomic E-state index is 15.0. The number of carboxylic acid groups (broad SMARTS) is 2. The Morgan fingerprint density at radius 2 is 1.46 bits per heavy atom. The lowest BCUT2D eigenvalue weighted by atomic mass is 10.1. The van der Waals surface area contributed by atoms with Crippen LogP contribution in [-0.2, 0) is 0 Å². The number of ether oxygens (including phenoxy) is 1. The van der Waals surface area contributed by atoms with Crippen LogP contribution >= 0.6 is 0 Å². The Hall–Kier alpha value is -6.01. The van der Waals surface area contributed by atoms with Crippen LogP contribution in [0.2, 0.25) is 0 Å². The number of anilines is 2. The molecule has 1 saturated carbocycles. The van der Waals surface area contributed by atoms with Crippen molar-refractivity contribution in [1.29, 1.82) is 0 Å². The van der Waals surface area contributed by atoms with Crippen LogP contribution < -0.4 is 31.1 Å². The Balaban J connectivity index is 0.000000159. The molecule has 56 heavy (non-hydrogen) atoms. The van der Waals surface area contributed by atoms with Crippen LogP contribution in [0.25, 0.3) is 27.6 Å². The van der Waals surface area contributed by atoms with Gasteiger partial charge in [0.2, 0.25) is 10.9 Å². The number of nitrogens with two attached hydrogens (primary N) is 1. The minimum atomic E-state index is -1.56. The van der Waals surface area contributed by atoms with E-state index in [9.17, 15) is 47.0 Å². The molecule has 5 aromatic rings. The number of likely N-dealkylation sites (N-methyl/N-ethyl adjacent to an activating group) is 1. The molecule has 3 fully saturated rings. The van der Waals surface area contributed by atoms with E-state index in [4.69, 9.17) is 10.5 Å². The second-order valence-electron chi connectivity index (χ2n) is 14.6. The highest BCUT2D eigenvalue weighted by Gasteiger charge is 2.54. The van der Waals surface area contributed by atoms with Gasteiger partial charge in [-0.15, -0.1) is 0 Å². The first-order valence-electron chi connectivity index (χ1n) is 17.8. The third-order valence-electron chi connectivity index (χ3n) is 11.1. The highest BCUT2D eigenvalue weighted by molar-refractivity contribution is 5.97. The van der Waals surface area contributed by atoms with E-state index in [1.807, 2.05) is 18.9 Å². The van der Waals surface area contributed by atoms with Crippen LogP contribution in [0.5, 0.6) is 5.75 Å². The molecule has 18 heteroatoms. The summed E-state index contributed by atoms with van der Waals surface area (Å²) in [4.78, 5) is 58.2. The molecule has 0 amide bonds. The predicted octanol–water partition coefficient (Wildman–Crippen LogP) is 3.44. The van der Waals surface area contributed by atoms with Crippen molar-refractivity contribution in [3.63, 3.8) is 0 Å². The standard InChI is InChI=1S/C20H15F3N4O3.C18H20FN3O4/c21-8-1-2-15(13(22)3-8)27-7-12(20(29)30)17(28)9-4-14(23)19(25-18(9)27)26-5-10-11(6-26)16(10)24;1-10-9-26-17-14-11(16(23)12(18(24)25)8-22(10)14)7-13(19)15(17)21-5-3-20(2)4-6-21/h1-4,7,10-11,16H,5-6,24H2,(H,29,30);7-8,10H,3-6,9H2,1-2H3,(H,24,25)/t10-,11+,16+;10-/m.0/s1. The quantitative estimate of drug-likeness (QED) is 0.222. The second-order valence-corrected chi connectivity index (χ2v) is 14.6. The molecular weight excluding hydrogens is 742 g/mol. The van der Waals surface area contributed by atoms with E-state index in [1.165, 1.54) is 6.20 Å². The number of rotatable bonds is 5. The van der Waals surface area contributed by atoms with Crippen molar-refractivity contribution in [3.05, 3.63) is 97.6 Å². The van der Waals surface area contributed by atoms with Gasteiger partial charge in [0, 0.05) is 63.8 Å². The first-order chi connectivity index (χ1) is 26.6. The normalized spacial score (nSPS) is 21.4. The SMILES string of the molecule is C[C@H]1COc2c(N3CCN(C)CC3)c(F)cc3c(=O)c(C(=O)O)cn1c23.N[C@@H]1[C@H]2CN(c3nc4c(cc3F)c(=O)c(C(=O)O)cn4-c3ccc(F)cc3F)C[C@@H]12. The second kappa shape index (κ2) is 13.6. The van der Waals surface area contributed by atoms with Crippen molar-refractivity contribution in [2.45, 2.75) is 19.0 Å². The van der Waals surface area contributed by atoms with Gasteiger partial charge in [-0.25, -0.2) is 32.1 Å². The number of aromatic carboxylic acids is 2. The Kier molecular flexibility index (Phi) is 8.99. The molecule has 6 heterocycles. The topological polar surface area (TPSA) is 176 Å². The van der Waals surface area contributed by atoms with Crippen LogP contribution in [0, 0.1) is 35.1 Å². The van der Waals surface area contributed by atoms with E-state index in [-0.39, 0.29) is 64.0 Å². The minimum absolute atomic E-state index is 0.0272. The number of halogens is 4. The fraction of sp³-hybridized carbons (Fsp3) is 0.342. The van der Waals surface area contributed by atoms with Gasteiger partial charge < -0.3 is 40.0 Å². The monoisotopic (exact) mass is 777 g/mol. The van der Waals surface area contributed by atoms with Gasteiger partial charge in [0.05, 0.1) is 28.0 Å². The minimum Gasteiger partial charge on any atom is -0.487 e. The molecule has 4 N–H and O–H groups in total. The summed E-state index contributed by atoms with van der Waals surface area (Å²) in [6.45, 7) is 6.08. The van der Waals surface area contributed by atoms with Gasteiger partial charge in [-0.1, -0.05) is 0 Å². The predicted molar refractivity (Wildman–Crippen MR) is 196 cm³/mol. The molecule has 2 saturated heterocycles. The number of piperidine rings is 1. The molecule has 0 spiro atoms. The number of carboxylic acids is 2. The number of aromatic nitrogens is 3. The molecule has 3 aromatic heterocycles. The Bertz CT molecular complexity index is 2600. The molecule has 1 aliphatic carbocycles. The van der Waals surface area contributed by atoms with E-state index in [2.05, 4.69) is 9.88 Å². The third kappa shape index (κ3) is 6.08. The zero-order chi connectivity index (χ0) is 39.9. The lowest BCUT2D eigenvalue weighted by Crippen LogP contribution is -2.45. The van der Waals surface area contributed by atoms with Gasteiger partial charge in [-0.2, -0.15) is 0 Å². The number of nitrogens with zero attached hydrogens (tertiary/aromatic N) is 6. The summed E-state index contributed by atoms with van der Waals surface area (Å²) in [6.07, 6.45) is 2.25. The molecule has 0 unspecified atom stereocenters. The zero-order valence-corrected chi connectivity index (χ0v) is 30.0. The first-order valence-corrected chi connectivity index (χ1v) is 17.8. The molecule has 9 rings (SSSR count). The van der Waals surface area contributed by atoms with E-state index in [0.29, 0.717) is 49.2 Å². The number of pyridine rings is 3. The van der Waals surface area contributed by atoms with Crippen molar-refractivity contribution >= 4 is 45.4 Å². The lowest BCUT2D eigenvalue weighted by molar-refractivity contribution is 0.0684. The van der Waals surface area contributed by atoms with Gasteiger partial charge >= 0.3 is 11.9 Å². The van der Waals surface area contributed by atoms with Crippen molar-refractivity contribution in [2.24, 2.45) is 17.6 Å². The van der Waals surface area contributed by atoms with Crippen LogP contribution in [0.1, 0.15) is 33.7 Å². The van der Waals surface area contributed by atoms with Gasteiger partial charge in [0.15, 0.2) is 28.8 Å². The Labute approximate surface area is 314 Å². The summed E-state index contributed by atoms with van der Waals surface area (Å²) >= 11 is 0. The van der Waals surface area contributed by atoms with Crippen molar-refractivity contribution in [3.8, 4) is 11.4 Å². The van der Waals surface area contributed by atoms with Gasteiger partial charge in [-0.3, -0.25) is 14.2 Å². The molecule has 0 bridgehead atoms. The number of carbonyl (C=O) groups is 2. The largest absolute Gasteiger partial charge is 0.487 e. The summed E-state index contributed by atoms with van der Waals surface area (Å²) in [5.74, 6) is -5.25. The molecule has 292 valence electrons. The maximum atomic E-state index is 15.0. The van der Waals surface area contributed by atoms with Gasteiger partial charge in [0.25, 0.3) is 0 Å². The molecule has 4 atom stereocenters. The van der Waals surface area contributed by atoms with Crippen LogP contribution in [0.4, 0.5) is 29.1 Å². The third-order valence-corrected chi connectivity index (χ3v) is 11.1. The maximum Gasteiger partial charge on any atom is 0.341 e. The first kappa shape index (κ1) is 36.9. The molecule has 2 aromatic carbocycles.